The Morgan fingerprint density at radius 3 is 1.90 bits per heavy atom. The average Bonchev–Trinajstić information content (AvgIpc) is 3.77. The molecule has 1 fully saturated rings. The molecule has 0 aliphatic carbocycles. The fraction of sp³-hybridized carbons (Fsp3) is 0.561. The third-order valence-electron chi connectivity index (χ3n) is 10.6. The number of likely N-dealkylation sites (tertiary alicyclic amines) is 1. The van der Waals surface area contributed by atoms with Gasteiger partial charge in [-0.1, -0.05) is 50.6 Å². The number of primary amides is 1. The molecule has 1 heterocycles. The minimum Gasteiger partial charge on any atom is -0.481 e. The highest BCUT2D eigenvalue weighted by molar-refractivity contribution is 5.98. The normalized spacial score (nSPS) is 16.2. The van der Waals surface area contributed by atoms with Gasteiger partial charge in [0.25, 0.3) is 0 Å². The van der Waals surface area contributed by atoms with Gasteiger partial charge < -0.3 is 75.1 Å². The van der Waals surface area contributed by atoms with Crippen LogP contribution in [0.1, 0.15) is 77.2 Å². The molecule has 26 nitrogen and oxygen atoms in total. The first-order valence-corrected chi connectivity index (χ1v) is 21.4. The largest absolute Gasteiger partial charge is 0.481 e. The molecule has 1 aliphatic heterocycles. The maximum Gasteiger partial charge on any atom is 0.326 e. The lowest BCUT2D eigenvalue weighted by Gasteiger charge is -2.28. The second-order valence-electron chi connectivity index (χ2n) is 15.9. The monoisotopic (exact) mass is 946 g/mol. The van der Waals surface area contributed by atoms with Gasteiger partial charge in [-0.15, -0.1) is 0 Å². The Kier molecular flexibility index (Phi) is 23.2. The molecule has 1 aliphatic rings. The molecule has 1 aromatic rings. The SMILES string of the molecule is CC[C@H](C)[C@H](N)C(=O)N[C@@H](CC(N)=O)C(=O)N[C@@H](CCC(=O)O)C(=O)NCC(=O)N[C@@H](CCCN=C(N)N)C(=O)N[C@@H](Cc1ccccc1)C(=O)N[C@@H](CC(=O)O)C(=O)N1CCC[C@H]1C(=O)O. The lowest BCUT2D eigenvalue weighted by molar-refractivity contribution is -0.150. The molecule has 1 aromatic carbocycles. The van der Waals surface area contributed by atoms with Crippen molar-refractivity contribution in [2.45, 2.75) is 120 Å². The maximum absolute atomic E-state index is 14.0. The van der Waals surface area contributed by atoms with Crippen LogP contribution >= 0.6 is 0 Å². The molecular weight excluding hydrogens is 885 g/mol. The quantitative estimate of drug-likeness (QED) is 0.0204. The molecule has 0 radical (unpaired) electrons. The van der Waals surface area contributed by atoms with Crippen LogP contribution in [-0.2, 0) is 59.2 Å². The van der Waals surface area contributed by atoms with Gasteiger partial charge in [-0.3, -0.25) is 52.9 Å². The van der Waals surface area contributed by atoms with Gasteiger partial charge in [-0.05, 0) is 43.6 Å². The number of carbonyl (C=O) groups excluding carboxylic acids is 8. The first-order valence-electron chi connectivity index (χ1n) is 21.4. The van der Waals surface area contributed by atoms with Crippen LogP contribution in [-0.4, -0.2) is 153 Å². The highest BCUT2D eigenvalue weighted by atomic mass is 16.4. The number of hydrogen-bond donors (Lipinski definition) is 13. The predicted octanol–water partition coefficient (Wildman–Crippen LogP) is -4.51. The fourth-order valence-corrected chi connectivity index (χ4v) is 6.77. The van der Waals surface area contributed by atoms with Gasteiger partial charge in [0, 0.05) is 25.9 Å². The van der Waals surface area contributed by atoms with Crippen molar-refractivity contribution in [3.8, 4) is 0 Å². The zero-order valence-electron chi connectivity index (χ0n) is 37.2. The van der Waals surface area contributed by atoms with E-state index in [1.54, 1.807) is 44.2 Å². The van der Waals surface area contributed by atoms with Crippen molar-refractivity contribution in [1.82, 2.24) is 36.8 Å². The molecule has 26 heteroatoms. The van der Waals surface area contributed by atoms with Crippen LogP contribution < -0.4 is 54.8 Å². The number of aliphatic carboxylic acids is 3. The van der Waals surface area contributed by atoms with Crippen molar-refractivity contribution >= 4 is 71.1 Å². The Bertz CT molecular complexity index is 1980. The average molecular weight is 947 g/mol. The molecule has 0 saturated carbocycles. The fourth-order valence-electron chi connectivity index (χ4n) is 6.77. The van der Waals surface area contributed by atoms with Crippen molar-refractivity contribution in [1.29, 1.82) is 0 Å². The number of aliphatic imine (C=N–C) groups is 1. The van der Waals surface area contributed by atoms with Crippen LogP contribution in [0.5, 0.6) is 0 Å². The molecule has 1 saturated heterocycles. The van der Waals surface area contributed by atoms with Crippen molar-refractivity contribution in [3.05, 3.63) is 35.9 Å². The Morgan fingerprint density at radius 1 is 0.731 bits per heavy atom. The number of guanidine groups is 1. The highest BCUT2D eigenvalue weighted by Gasteiger charge is 2.40. The number of rotatable bonds is 29. The van der Waals surface area contributed by atoms with E-state index in [-0.39, 0.29) is 50.7 Å². The van der Waals surface area contributed by atoms with Gasteiger partial charge in [0.2, 0.25) is 47.3 Å². The first kappa shape index (κ1) is 55.8. The summed E-state index contributed by atoms with van der Waals surface area (Å²) >= 11 is 0. The van der Waals surface area contributed by atoms with E-state index in [1.165, 1.54) is 0 Å². The molecule has 0 bridgehead atoms. The predicted molar refractivity (Wildman–Crippen MR) is 235 cm³/mol. The smallest absolute Gasteiger partial charge is 0.326 e. The minimum atomic E-state index is -1.73. The summed E-state index contributed by atoms with van der Waals surface area (Å²) in [5.74, 6) is -12.7. The van der Waals surface area contributed by atoms with E-state index in [9.17, 15) is 68.1 Å². The summed E-state index contributed by atoms with van der Waals surface area (Å²) < 4.78 is 0. The number of amides is 8. The molecule has 370 valence electrons. The second-order valence-corrected chi connectivity index (χ2v) is 15.9. The highest BCUT2D eigenvalue weighted by Crippen LogP contribution is 2.20. The third-order valence-corrected chi connectivity index (χ3v) is 10.6. The number of nitrogens with one attached hydrogen (secondary N) is 6. The zero-order chi connectivity index (χ0) is 50.4. The van der Waals surface area contributed by atoms with E-state index in [2.05, 4.69) is 36.9 Å². The molecule has 0 spiro atoms. The zero-order valence-corrected chi connectivity index (χ0v) is 37.2. The van der Waals surface area contributed by atoms with Crippen LogP contribution in [0.15, 0.2) is 35.3 Å². The summed E-state index contributed by atoms with van der Waals surface area (Å²) in [6, 6.07) is -2.09. The van der Waals surface area contributed by atoms with Crippen molar-refractivity contribution in [3.63, 3.8) is 0 Å². The van der Waals surface area contributed by atoms with Gasteiger partial charge in [-0.25, -0.2) is 4.79 Å². The van der Waals surface area contributed by atoms with Gasteiger partial charge in [-0.2, -0.15) is 0 Å². The third kappa shape index (κ3) is 19.7. The standard InChI is InChI=1S/C41H62N12O14/c1-3-21(2)33(43)38(64)51-26(18-29(42)54)37(63)49-24(13-14-31(56)57)34(60)47-20-30(55)48-23(11-7-15-46-41(44)45)35(61)50-25(17-22-9-5-4-6-10-22)36(62)52-27(19-32(58)59)39(65)53-16-8-12-28(53)40(66)67/h4-6,9-10,21,23-28,33H,3,7-8,11-20,43H2,1-2H3,(H2,42,54)(H,47,60)(H,48,55)(H,49,63)(H,50,61)(H,51,64)(H,52,62)(H,56,57)(H,58,59)(H,66,67)(H4,44,45,46)/t21-,23-,24-,25-,26-,27-,28-,33-/m0/s1. The number of carboxylic acid groups (broad SMARTS) is 3. The van der Waals surface area contributed by atoms with Crippen LogP contribution in [0.2, 0.25) is 0 Å². The lowest BCUT2D eigenvalue weighted by Crippen LogP contribution is -2.59. The number of benzene rings is 1. The molecular formula is C41H62N12O14. The van der Waals surface area contributed by atoms with E-state index >= 15 is 0 Å². The van der Waals surface area contributed by atoms with Crippen molar-refractivity contribution in [2.24, 2.45) is 33.8 Å². The number of nitrogens with two attached hydrogens (primary N) is 4. The number of hydrogen-bond acceptors (Lipinski definition) is 13. The van der Waals surface area contributed by atoms with Crippen LogP contribution in [0.4, 0.5) is 0 Å². The second kappa shape index (κ2) is 27.8. The van der Waals surface area contributed by atoms with Gasteiger partial charge in [0.05, 0.1) is 25.4 Å². The summed E-state index contributed by atoms with van der Waals surface area (Å²) in [6.07, 6.45) is -2.19. The molecule has 0 unspecified atom stereocenters. The Balaban J connectivity index is 2.35. The number of carboxylic acids is 3. The molecule has 67 heavy (non-hydrogen) atoms. The molecule has 2 rings (SSSR count). The number of nitrogens with zero attached hydrogens (tertiary/aromatic N) is 2. The van der Waals surface area contributed by atoms with E-state index in [0.29, 0.717) is 18.4 Å². The summed E-state index contributed by atoms with van der Waals surface area (Å²) in [4.78, 5) is 146. The van der Waals surface area contributed by atoms with Gasteiger partial charge in [0.1, 0.15) is 36.3 Å². The molecule has 0 aromatic heterocycles. The van der Waals surface area contributed by atoms with E-state index in [0.717, 1.165) is 4.90 Å². The Labute approximate surface area is 385 Å². The molecule has 17 N–H and O–H groups in total. The van der Waals surface area contributed by atoms with Crippen LogP contribution in [0.25, 0.3) is 0 Å². The molecule has 8 atom stereocenters. The Morgan fingerprint density at radius 2 is 1.31 bits per heavy atom. The Hall–Kier alpha value is -7.38. The summed E-state index contributed by atoms with van der Waals surface area (Å²) in [6.45, 7) is 2.57. The summed E-state index contributed by atoms with van der Waals surface area (Å²) in [5, 5.41) is 42.7. The first-order chi connectivity index (χ1) is 31.5. The maximum atomic E-state index is 14.0. The van der Waals surface area contributed by atoms with E-state index in [4.69, 9.17) is 22.9 Å². The number of carbonyl (C=O) groups is 11. The topological polar surface area (TPSA) is 440 Å². The van der Waals surface area contributed by atoms with Crippen LogP contribution in [0.3, 0.4) is 0 Å². The molecule has 8 amide bonds. The van der Waals surface area contributed by atoms with Gasteiger partial charge >= 0.3 is 17.9 Å². The minimum absolute atomic E-state index is 0.00341. The van der Waals surface area contributed by atoms with E-state index < -0.39 is 140 Å². The van der Waals surface area contributed by atoms with Crippen LogP contribution in [0, 0.1) is 5.92 Å². The van der Waals surface area contributed by atoms with E-state index in [1.807, 2.05) is 0 Å². The van der Waals surface area contributed by atoms with Gasteiger partial charge in [0.15, 0.2) is 5.96 Å². The van der Waals surface area contributed by atoms with Crippen molar-refractivity contribution in [2.75, 3.05) is 19.6 Å². The van der Waals surface area contributed by atoms with Crippen molar-refractivity contribution < 1.29 is 68.1 Å². The summed E-state index contributed by atoms with van der Waals surface area (Å²) in [5.41, 5.74) is 22.6. The lowest BCUT2D eigenvalue weighted by atomic mass is 9.99. The summed E-state index contributed by atoms with van der Waals surface area (Å²) in [7, 11) is 0.